The van der Waals surface area contributed by atoms with Gasteiger partial charge in [-0.1, -0.05) is 32.0 Å². The molecule has 1 aromatic carbocycles. The lowest BCUT2D eigenvalue weighted by molar-refractivity contribution is -0.141. The molecule has 3 aromatic rings. The van der Waals surface area contributed by atoms with Crippen molar-refractivity contribution >= 4 is 27.5 Å². The molecule has 1 N–H and O–H groups in total. The molecule has 0 bridgehead atoms. The maximum Gasteiger partial charge on any atom is 0.326 e. The fourth-order valence-electron chi connectivity index (χ4n) is 3.21. The summed E-state index contributed by atoms with van der Waals surface area (Å²) in [4.78, 5) is 30.2. The maximum absolute atomic E-state index is 13.3. The van der Waals surface area contributed by atoms with Gasteiger partial charge in [0.2, 0.25) is 0 Å². The molecule has 0 aliphatic carbocycles. The van der Waals surface area contributed by atoms with Crippen molar-refractivity contribution in [2.45, 2.75) is 46.6 Å². The van der Waals surface area contributed by atoms with E-state index in [0.29, 0.717) is 28.9 Å². The van der Waals surface area contributed by atoms with Gasteiger partial charge in [-0.25, -0.2) is 9.78 Å². The zero-order valence-electron chi connectivity index (χ0n) is 15.4. The first-order valence-corrected chi connectivity index (χ1v) is 9.60. The Balaban J connectivity index is 2.34. The number of aliphatic carboxylic acids is 1. The van der Waals surface area contributed by atoms with E-state index in [-0.39, 0.29) is 5.56 Å². The lowest BCUT2D eigenvalue weighted by Gasteiger charge is -2.17. The number of benzene rings is 1. The van der Waals surface area contributed by atoms with E-state index in [4.69, 9.17) is 0 Å². The van der Waals surface area contributed by atoms with E-state index in [1.54, 1.807) is 6.92 Å². The van der Waals surface area contributed by atoms with Crippen LogP contribution in [-0.2, 0) is 11.2 Å². The van der Waals surface area contributed by atoms with Crippen LogP contribution < -0.4 is 5.56 Å². The second-order valence-corrected chi connectivity index (χ2v) is 7.31. The van der Waals surface area contributed by atoms with Crippen LogP contribution in [0.2, 0.25) is 0 Å². The van der Waals surface area contributed by atoms with Crippen molar-refractivity contribution in [3.05, 3.63) is 50.9 Å². The predicted molar refractivity (Wildman–Crippen MR) is 105 cm³/mol. The lowest BCUT2D eigenvalue weighted by Crippen LogP contribution is -2.33. The average Bonchev–Trinajstić information content (AvgIpc) is 3.03. The van der Waals surface area contributed by atoms with Gasteiger partial charge < -0.3 is 5.11 Å². The normalized spacial score (nSPS) is 12.5. The number of carboxylic acids is 1. The standard InChI is InChI=1S/C20H22N2O3S/c1-5-15(20(24)25)22-16(6-2)21-18-17(19(22)23)14(10-26-18)13-8-7-11(3)12(4)9-13/h7-10,15H,5-6H2,1-4H3,(H,24,25). The van der Waals surface area contributed by atoms with Gasteiger partial charge in [-0.15, -0.1) is 11.3 Å². The van der Waals surface area contributed by atoms with E-state index >= 15 is 0 Å². The maximum atomic E-state index is 13.3. The Labute approximate surface area is 155 Å². The minimum absolute atomic E-state index is 0.268. The highest BCUT2D eigenvalue weighted by molar-refractivity contribution is 7.17. The molecule has 1 atom stereocenters. The summed E-state index contributed by atoms with van der Waals surface area (Å²) >= 11 is 1.43. The van der Waals surface area contributed by atoms with Crippen molar-refractivity contribution in [3.8, 4) is 11.1 Å². The molecule has 0 spiro atoms. The van der Waals surface area contributed by atoms with Gasteiger partial charge in [0.1, 0.15) is 16.7 Å². The number of hydrogen-bond donors (Lipinski definition) is 1. The van der Waals surface area contributed by atoms with Crippen molar-refractivity contribution in [2.24, 2.45) is 0 Å². The Morgan fingerprint density at radius 1 is 1.27 bits per heavy atom. The van der Waals surface area contributed by atoms with Crippen LogP contribution in [0.4, 0.5) is 0 Å². The van der Waals surface area contributed by atoms with Crippen LogP contribution in [0, 0.1) is 13.8 Å². The first-order chi connectivity index (χ1) is 12.4. The Morgan fingerprint density at radius 3 is 2.58 bits per heavy atom. The van der Waals surface area contributed by atoms with Crippen molar-refractivity contribution in [3.63, 3.8) is 0 Å². The van der Waals surface area contributed by atoms with Gasteiger partial charge in [0.25, 0.3) is 5.56 Å². The van der Waals surface area contributed by atoms with E-state index in [1.165, 1.54) is 21.5 Å². The number of aryl methyl sites for hydroxylation is 3. The molecule has 2 heterocycles. The third-order valence-electron chi connectivity index (χ3n) is 4.83. The Morgan fingerprint density at radius 2 is 2.00 bits per heavy atom. The van der Waals surface area contributed by atoms with Crippen molar-refractivity contribution in [1.29, 1.82) is 0 Å². The summed E-state index contributed by atoms with van der Waals surface area (Å²) in [6.45, 7) is 7.74. The number of thiophene rings is 1. The molecule has 6 heteroatoms. The molecule has 0 aliphatic heterocycles. The highest BCUT2D eigenvalue weighted by atomic mass is 32.1. The Bertz CT molecular complexity index is 1050. The van der Waals surface area contributed by atoms with Gasteiger partial charge in [-0.05, 0) is 37.0 Å². The topological polar surface area (TPSA) is 72.2 Å². The molecule has 0 saturated carbocycles. The van der Waals surface area contributed by atoms with Crippen LogP contribution in [0.3, 0.4) is 0 Å². The monoisotopic (exact) mass is 370 g/mol. The highest BCUT2D eigenvalue weighted by Crippen LogP contribution is 2.32. The van der Waals surface area contributed by atoms with E-state index in [9.17, 15) is 14.7 Å². The van der Waals surface area contributed by atoms with Crippen LogP contribution in [0.1, 0.15) is 43.3 Å². The number of nitrogens with zero attached hydrogens (tertiary/aromatic N) is 2. The number of hydrogen-bond acceptors (Lipinski definition) is 4. The number of carbonyl (C=O) groups is 1. The number of fused-ring (bicyclic) bond motifs is 1. The van der Waals surface area contributed by atoms with Gasteiger partial charge in [-0.2, -0.15) is 0 Å². The molecule has 3 rings (SSSR count). The first-order valence-electron chi connectivity index (χ1n) is 8.72. The van der Waals surface area contributed by atoms with Crippen LogP contribution in [0.25, 0.3) is 21.3 Å². The molecule has 5 nitrogen and oxygen atoms in total. The molecule has 136 valence electrons. The summed E-state index contributed by atoms with van der Waals surface area (Å²) in [5, 5.41) is 12.0. The quantitative estimate of drug-likeness (QED) is 0.725. The number of rotatable bonds is 5. The smallest absolute Gasteiger partial charge is 0.326 e. The molecule has 26 heavy (non-hydrogen) atoms. The Kier molecular flexibility index (Phi) is 4.96. The van der Waals surface area contributed by atoms with Gasteiger partial charge in [-0.3, -0.25) is 9.36 Å². The van der Waals surface area contributed by atoms with Gasteiger partial charge in [0.15, 0.2) is 0 Å². The van der Waals surface area contributed by atoms with E-state index in [1.807, 2.05) is 38.3 Å². The third kappa shape index (κ3) is 2.94. The summed E-state index contributed by atoms with van der Waals surface area (Å²) in [7, 11) is 0. The van der Waals surface area contributed by atoms with Crippen molar-refractivity contribution in [2.75, 3.05) is 0 Å². The van der Waals surface area contributed by atoms with Crippen LogP contribution in [0.15, 0.2) is 28.4 Å². The first kappa shape index (κ1) is 18.3. The molecule has 0 radical (unpaired) electrons. The van der Waals surface area contributed by atoms with Crippen molar-refractivity contribution < 1.29 is 9.90 Å². The predicted octanol–water partition coefficient (Wildman–Crippen LogP) is 4.34. The van der Waals surface area contributed by atoms with Gasteiger partial charge >= 0.3 is 5.97 Å². The summed E-state index contributed by atoms with van der Waals surface area (Å²) in [6.07, 6.45) is 0.838. The number of aromatic nitrogens is 2. The SMILES string of the molecule is CCc1nc2scc(-c3ccc(C)c(C)c3)c2c(=O)n1C(CC)C(=O)O. The summed E-state index contributed by atoms with van der Waals surface area (Å²) in [5.41, 5.74) is 3.85. The van der Waals surface area contributed by atoms with Gasteiger partial charge in [0.05, 0.1) is 5.39 Å². The molecule has 0 saturated heterocycles. The highest BCUT2D eigenvalue weighted by Gasteiger charge is 2.25. The molecule has 0 amide bonds. The van der Waals surface area contributed by atoms with Crippen LogP contribution in [0.5, 0.6) is 0 Å². The third-order valence-corrected chi connectivity index (χ3v) is 5.70. The zero-order valence-corrected chi connectivity index (χ0v) is 16.2. The fraction of sp³-hybridized carbons (Fsp3) is 0.350. The van der Waals surface area contributed by atoms with Crippen molar-refractivity contribution in [1.82, 2.24) is 9.55 Å². The zero-order chi connectivity index (χ0) is 19.0. The number of carboxylic acid groups (broad SMARTS) is 1. The molecular formula is C20H22N2O3S. The molecule has 1 unspecified atom stereocenters. The second kappa shape index (κ2) is 7.03. The Hall–Kier alpha value is -2.47. The largest absolute Gasteiger partial charge is 0.480 e. The average molecular weight is 370 g/mol. The summed E-state index contributed by atoms with van der Waals surface area (Å²) < 4.78 is 1.36. The minimum Gasteiger partial charge on any atom is -0.480 e. The molecule has 0 aliphatic rings. The molecular weight excluding hydrogens is 348 g/mol. The summed E-state index contributed by atoms with van der Waals surface area (Å²) in [5.74, 6) is -0.487. The van der Waals surface area contributed by atoms with Crippen LogP contribution in [-0.4, -0.2) is 20.6 Å². The fourth-order valence-corrected chi connectivity index (χ4v) is 4.16. The molecule has 0 fully saturated rings. The minimum atomic E-state index is -1.01. The van der Waals surface area contributed by atoms with Crippen LogP contribution >= 0.6 is 11.3 Å². The summed E-state index contributed by atoms with van der Waals surface area (Å²) in [6, 6.07) is 5.19. The molecule has 2 aromatic heterocycles. The van der Waals surface area contributed by atoms with E-state index in [2.05, 4.69) is 11.1 Å². The lowest BCUT2D eigenvalue weighted by atomic mass is 10.0. The second-order valence-electron chi connectivity index (χ2n) is 6.45. The van der Waals surface area contributed by atoms with E-state index < -0.39 is 12.0 Å². The van der Waals surface area contributed by atoms with E-state index in [0.717, 1.165) is 16.7 Å². The van der Waals surface area contributed by atoms with Gasteiger partial charge in [0, 0.05) is 17.4 Å².